The molecule has 18 heavy (non-hydrogen) atoms. The summed E-state index contributed by atoms with van der Waals surface area (Å²) in [7, 11) is 0. The van der Waals surface area contributed by atoms with Crippen LogP contribution in [0, 0.1) is 0 Å². The Hall–Kier alpha value is -1.38. The summed E-state index contributed by atoms with van der Waals surface area (Å²) in [5, 5.41) is 10.3. The molecule has 0 spiro atoms. The molecule has 3 nitrogen and oxygen atoms in total. The summed E-state index contributed by atoms with van der Waals surface area (Å²) in [4.78, 5) is 0. The summed E-state index contributed by atoms with van der Waals surface area (Å²) < 4.78 is 0. The predicted octanol–water partition coefficient (Wildman–Crippen LogP) is 4.15. The number of benzene rings is 1. The van der Waals surface area contributed by atoms with Gasteiger partial charge in [0.05, 0.1) is 0 Å². The standard InChI is InChI=1S/C15H27N3/c1-7-16-12-8-13(17-11(2)3)10-14(9-12)18-15(4,5)6/h8-11,16-18H,7H2,1-6H3. The van der Waals surface area contributed by atoms with E-state index in [9.17, 15) is 0 Å². The zero-order valence-corrected chi connectivity index (χ0v) is 12.5. The first-order chi connectivity index (χ1) is 8.30. The molecule has 102 valence electrons. The van der Waals surface area contributed by atoms with Crippen LogP contribution in [0.4, 0.5) is 17.1 Å². The van der Waals surface area contributed by atoms with Crippen molar-refractivity contribution in [2.45, 2.75) is 53.1 Å². The molecule has 0 aliphatic carbocycles. The average Bonchev–Trinajstić information content (AvgIpc) is 2.12. The lowest BCUT2D eigenvalue weighted by atomic mass is 10.1. The molecule has 3 N–H and O–H groups in total. The molecule has 0 unspecified atom stereocenters. The van der Waals surface area contributed by atoms with E-state index in [1.165, 1.54) is 0 Å². The van der Waals surface area contributed by atoms with E-state index in [0.29, 0.717) is 6.04 Å². The molecule has 1 rings (SSSR count). The molecule has 0 bridgehead atoms. The third-order valence-corrected chi connectivity index (χ3v) is 2.29. The van der Waals surface area contributed by atoms with E-state index in [2.05, 4.69) is 75.7 Å². The third kappa shape index (κ3) is 5.30. The number of hydrogen-bond donors (Lipinski definition) is 3. The molecule has 0 radical (unpaired) electrons. The van der Waals surface area contributed by atoms with Gasteiger partial charge in [0, 0.05) is 35.2 Å². The molecule has 1 aromatic carbocycles. The molecule has 3 heteroatoms. The first-order valence-corrected chi connectivity index (χ1v) is 6.74. The minimum absolute atomic E-state index is 0.0694. The molecule has 0 fully saturated rings. The van der Waals surface area contributed by atoms with E-state index >= 15 is 0 Å². The maximum atomic E-state index is 3.51. The Kier molecular flexibility index (Phi) is 4.88. The number of rotatable bonds is 5. The molecule has 0 saturated carbocycles. The molecule has 0 atom stereocenters. The Morgan fingerprint density at radius 2 is 1.56 bits per heavy atom. The van der Waals surface area contributed by atoms with Crippen LogP contribution in [0.1, 0.15) is 41.5 Å². The summed E-state index contributed by atoms with van der Waals surface area (Å²) in [5.74, 6) is 0. The highest BCUT2D eigenvalue weighted by atomic mass is 15.0. The van der Waals surface area contributed by atoms with Crippen molar-refractivity contribution in [1.29, 1.82) is 0 Å². The van der Waals surface area contributed by atoms with Crippen molar-refractivity contribution in [3.63, 3.8) is 0 Å². The summed E-state index contributed by atoms with van der Waals surface area (Å²) in [6, 6.07) is 6.90. The Morgan fingerprint density at radius 3 is 2.06 bits per heavy atom. The zero-order valence-electron chi connectivity index (χ0n) is 12.5. The Morgan fingerprint density at radius 1 is 1.00 bits per heavy atom. The fourth-order valence-electron chi connectivity index (χ4n) is 1.86. The lowest BCUT2D eigenvalue weighted by Gasteiger charge is -2.24. The summed E-state index contributed by atoms with van der Waals surface area (Å²) in [6.45, 7) is 13.8. The molecule has 0 aliphatic heterocycles. The van der Waals surface area contributed by atoms with Gasteiger partial charge in [-0.25, -0.2) is 0 Å². The largest absolute Gasteiger partial charge is 0.385 e. The van der Waals surface area contributed by atoms with Gasteiger partial charge in [0.25, 0.3) is 0 Å². The van der Waals surface area contributed by atoms with Crippen molar-refractivity contribution in [2.24, 2.45) is 0 Å². The topological polar surface area (TPSA) is 36.1 Å². The van der Waals surface area contributed by atoms with Crippen molar-refractivity contribution in [1.82, 2.24) is 0 Å². The average molecular weight is 249 g/mol. The van der Waals surface area contributed by atoms with Crippen molar-refractivity contribution < 1.29 is 0 Å². The minimum atomic E-state index is 0.0694. The number of hydrogen-bond acceptors (Lipinski definition) is 3. The van der Waals surface area contributed by atoms with Crippen LogP contribution in [-0.2, 0) is 0 Å². The quantitative estimate of drug-likeness (QED) is 0.733. The number of nitrogens with one attached hydrogen (secondary N) is 3. The molecule has 0 amide bonds. The minimum Gasteiger partial charge on any atom is -0.385 e. The first-order valence-electron chi connectivity index (χ1n) is 6.74. The van der Waals surface area contributed by atoms with Gasteiger partial charge in [-0.1, -0.05) is 0 Å². The fourth-order valence-corrected chi connectivity index (χ4v) is 1.86. The number of anilines is 3. The van der Waals surface area contributed by atoms with Gasteiger partial charge in [-0.2, -0.15) is 0 Å². The van der Waals surface area contributed by atoms with E-state index < -0.39 is 0 Å². The first kappa shape index (κ1) is 14.7. The van der Waals surface area contributed by atoms with Crippen LogP contribution in [-0.4, -0.2) is 18.1 Å². The van der Waals surface area contributed by atoms with Gasteiger partial charge in [0.2, 0.25) is 0 Å². The van der Waals surface area contributed by atoms with Crippen molar-refractivity contribution in [2.75, 3.05) is 22.5 Å². The summed E-state index contributed by atoms with van der Waals surface area (Å²) >= 11 is 0. The van der Waals surface area contributed by atoms with Gasteiger partial charge in [0.1, 0.15) is 0 Å². The Balaban J connectivity index is 2.97. The molecular weight excluding hydrogens is 222 g/mol. The third-order valence-electron chi connectivity index (χ3n) is 2.29. The van der Waals surface area contributed by atoms with E-state index in [1.807, 2.05) is 0 Å². The highest BCUT2D eigenvalue weighted by molar-refractivity contribution is 5.67. The fraction of sp³-hybridized carbons (Fsp3) is 0.600. The van der Waals surface area contributed by atoms with E-state index in [-0.39, 0.29) is 5.54 Å². The van der Waals surface area contributed by atoms with Gasteiger partial charge in [-0.3, -0.25) is 0 Å². The Labute approximate surface area is 111 Å². The van der Waals surface area contributed by atoms with Crippen LogP contribution in [0.3, 0.4) is 0 Å². The zero-order chi connectivity index (χ0) is 13.8. The second kappa shape index (κ2) is 5.98. The van der Waals surface area contributed by atoms with Gasteiger partial charge in [-0.15, -0.1) is 0 Å². The van der Waals surface area contributed by atoms with Crippen molar-refractivity contribution in [3.05, 3.63) is 18.2 Å². The molecule has 0 aromatic heterocycles. The molecule has 0 saturated heterocycles. The maximum absolute atomic E-state index is 3.51. The van der Waals surface area contributed by atoms with E-state index in [0.717, 1.165) is 23.6 Å². The normalized spacial score (nSPS) is 11.5. The van der Waals surface area contributed by atoms with Crippen LogP contribution < -0.4 is 16.0 Å². The monoisotopic (exact) mass is 249 g/mol. The molecular formula is C15H27N3. The van der Waals surface area contributed by atoms with Crippen LogP contribution >= 0.6 is 0 Å². The second-order valence-corrected chi connectivity index (χ2v) is 6.00. The van der Waals surface area contributed by atoms with Gasteiger partial charge in [0.15, 0.2) is 0 Å². The van der Waals surface area contributed by atoms with Gasteiger partial charge < -0.3 is 16.0 Å². The smallest absolute Gasteiger partial charge is 0.0385 e. The Bertz CT molecular complexity index is 378. The van der Waals surface area contributed by atoms with E-state index in [4.69, 9.17) is 0 Å². The van der Waals surface area contributed by atoms with Crippen LogP contribution in [0.5, 0.6) is 0 Å². The van der Waals surface area contributed by atoms with E-state index in [1.54, 1.807) is 0 Å². The van der Waals surface area contributed by atoms with Crippen LogP contribution in [0.25, 0.3) is 0 Å². The predicted molar refractivity (Wildman–Crippen MR) is 82.7 cm³/mol. The summed E-state index contributed by atoms with van der Waals surface area (Å²) in [5.41, 5.74) is 3.51. The lowest BCUT2D eigenvalue weighted by Crippen LogP contribution is -2.26. The molecule has 0 heterocycles. The lowest BCUT2D eigenvalue weighted by molar-refractivity contribution is 0.634. The van der Waals surface area contributed by atoms with Gasteiger partial charge in [-0.05, 0) is 59.7 Å². The molecule has 0 aliphatic rings. The van der Waals surface area contributed by atoms with Crippen LogP contribution in [0.15, 0.2) is 18.2 Å². The van der Waals surface area contributed by atoms with Crippen molar-refractivity contribution >= 4 is 17.1 Å². The second-order valence-electron chi connectivity index (χ2n) is 6.00. The SMILES string of the molecule is CCNc1cc(NC(C)C)cc(NC(C)(C)C)c1. The van der Waals surface area contributed by atoms with Gasteiger partial charge >= 0.3 is 0 Å². The van der Waals surface area contributed by atoms with Crippen molar-refractivity contribution in [3.8, 4) is 0 Å². The highest BCUT2D eigenvalue weighted by Crippen LogP contribution is 2.25. The van der Waals surface area contributed by atoms with Crippen LogP contribution in [0.2, 0.25) is 0 Å². The highest BCUT2D eigenvalue weighted by Gasteiger charge is 2.10. The molecule has 1 aromatic rings. The maximum Gasteiger partial charge on any atom is 0.0385 e. The summed E-state index contributed by atoms with van der Waals surface area (Å²) in [6.07, 6.45) is 0.